The molecular formula is C36H56Br4O15. The highest BCUT2D eigenvalue weighted by atomic mass is 79.9. The molecule has 0 radical (unpaired) electrons. The summed E-state index contributed by atoms with van der Waals surface area (Å²) in [6.07, 6.45) is -0.333. The molecule has 0 aliphatic heterocycles. The fraction of sp³-hybridized carbons (Fsp3) is 0.778. The van der Waals surface area contributed by atoms with Crippen LogP contribution in [0.4, 0.5) is 0 Å². The molecule has 0 heterocycles. The van der Waals surface area contributed by atoms with Gasteiger partial charge in [0.2, 0.25) is 0 Å². The normalized spacial score (nSPS) is 14.5. The molecule has 0 spiro atoms. The van der Waals surface area contributed by atoms with Crippen molar-refractivity contribution in [3.8, 4) is 0 Å². The van der Waals surface area contributed by atoms with Crippen molar-refractivity contribution < 1.29 is 71.8 Å². The van der Waals surface area contributed by atoms with Crippen molar-refractivity contribution in [3.63, 3.8) is 0 Å². The fourth-order valence-electron chi connectivity index (χ4n) is 3.50. The molecular weight excluding hydrogens is 992 g/mol. The molecule has 0 aromatic carbocycles. The van der Waals surface area contributed by atoms with Gasteiger partial charge in [-0.25, -0.2) is 0 Å². The number of hydrogen-bond acceptors (Lipinski definition) is 15. The zero-order valence-corrected chi connectivity index (χ0v) is 39.7. The number of carbonyl (C=O) groups is 6. The third kappa shape index (κ3) is 19.1. The molecule has 0 rings (SSSR count). The molecule has 0 aromatic rings. The Kier molecular flexibility index (Phi) is 21.3. The lowest BCUT2D eigenvalue weighted by Crippen LogP contribution is -2.49. The first-order chi connectivity index (χ1) is 24.7. The SMILES string of the molecule is C=CCOCCOC(=O)C(C)(COC(=O)C(C)(COC(=O)C(C)(C)Br)COC(=O)C(C)(C)Br)COC(O)C(C)(COC(=O)C(C)(C)Br)COC(=O)C(C)(C)Br. The summed E-state index contributed by atoms with van der Waals surface area (Å²) in [6, 6.07) is 0. The van der Waals surface area contributed by atoms with Crippen LogP contribution in [0.2, 0.25) is 0 Å². The van der Waals surface area contributed by atoms with Gasteiger partial charge in [0, 0.05) is 0 Å². The third-order valence-electron chi connectivity index (χ3n) is 7.41. The molecule has 0 aliphatic carbocycles. The van der Waals surface area contributed by atoms with Gasteiger partial charge in [0.15, 0.2) is 6.29 Å². The smallest absolute Gasteiger partial charge is 0.322 e. The summed E-state index contributed by atoms with van der Waals surface area (Å²) in [7, 11) is 0. The van der Waals surface area contributed by atoms with Crippen LogP contribution in [-0.2, 0) is 66.7 Å². The number of esters is 6. The second-order valence-electron chi connectivity index (χ2n) is 15.7. The first-order valence-electron chi connectivity index (χ1n) is 17.0. The predicted octanol–water partition coefficient (Wildman–Crippen LogP) is 5.50. The Labute approximate surface area is 357 Å². The summed E-state index contributed by atoms with van der Waals surface area (Å²) in [5, 5.41) is 11.4. The maximum absolute atomic E-state index is 13.7. The second kappa shape index (κ2) is 21.9. The van der Waals surface area contributed by atoms with Gasteiger partial charge < -0.3 is 43.0 Å². The Bertz CT molecular complexity index is 1280. The summed E-state index contributed by atoms with van der Waals surface area (Å²) >= 11 is 12.8. The first kappa shape index (κ1) is 53.4. The maximum atomic E-state index is 13.7. The van der Waals surface area contributed by atoms with E-state index in [0.29, 0.717) is 0 Å². The molecule has 2 unspecified atom stereocenters. The first-order valence-corrected chi connectivity index (χ1v) is 20.2. The maximum Gasteiger partial charge on any atom is 0.322 e. The molecule has 15 nitrogen and oxygen atoms in total. The summed E-state index contributed by atoms with van der Waals surface area (Å²) in [6.45, 7) is 16.6. The van der Waals surface area contributed by atoms with Crippen molar-refractivity contribution in [1.82, 2.24) is 0 Å². The van der Waals surface area contributed by atoms with Gasteiger partial charge in [-0.05, 0) is 76.2 Å². The highest BCUT2D eigenvalue weighted by molar-refractivity contribution is 9.10. The van der Waals surface area contributed by atoms with Crippen LogP contribution in [0.5, 0.6) is 0 Å². The molecule has 0 saturated carbocycles. The van der Waals surface area contributed by atoms with E-state index in [1.165, 1.54) is 54.5 Å². The van der Waals surface area contributed by atoms with Crippen LogP contribution in [0.25, 0.3) is 0 Å². The molecule has 2 atom stereocenters. The fourth-order valence-corrected chi connectivity index (χ4v) is 3.96. The minimum absolute atomic E-state index is 0.00238. The van der Waals surface area contributed by atoms with Gasteiger partial charge in [0.25, 0.3) is 0 Å². The molecule has 55 heavy (non-hydrogen) atoms. The molecule has 0 aliphatic rings. The number of halogens is 4. The van der Waals surface area contributed by atoms with Gasteiger partial charge in [-0.3, -0.25) is 28.8 Å². The largest absolute Gasteiger partial charge is 0.464 e. The van der Waals surface area contributed by atoms with E-state index >= 15 is 0 Å². The number of rotatable bonds is 25. The minimum atomic E-state index is -1.84. The molecule has 0 saturated heterocycles. The number of carbonyl (C=O) groups excluding carboxylic acids is 6. The number of aliphatic hydroxyl groups is 1. The van der Waals surface area contributed by atoms with Crippen molar-refractivity contribution in [2.24, 2.45) is 16.2 Å². The lowest BCUT2D eigenvalue weighted by atomic mass is 9.89. The zero-order chi connectivity index (χ0) is 43.3. The zero-order valence-electron chi connectivity index (χ0n) is 33.4. The standard InChI is InChI=1S/C36H56Br4O15/c1-13-14-48-15-16-49-27(45)34(10,21-54-28(46)35(11,17-50-23(41)30(2,3)37)18-51-24(42)31(4,5)38)22-55-29(47)36(12,19-52-25(43)32(6,7)39)20-53-26(44)33(8,9)40/h13,28,46H,1,14-22H2,2-12H3. The molecule has 0 bridgehead atoms. The summed E-state index contributed by atoms with van der Waals surface area (Å²) in [5.74, 6) is -4.73. The van der Waals surface area contributed by atoms with Crippen molar-refractivity contribution in [3.05, 3.63) is 12.7 Å². The van der Waals surface area contributed by atoms with Gasteiger partial charge in [-0.2, -0.15) is 0 Å². The van der Waals surface area contributed by atoms with E-state index in [-0.39, 0.29) is 19.8 Å². The highest BCUT2D eigenvalue weighted by Gasteiger charge is 2.46. The van der Waals surface area contributed by atoms with Gasteiger partial charge >= 0.3 is 35.8 Å². The number of hydrogen-bond donors (Lipinski definition) is 1. The average molecular weight is 1050 g/mol. The lowest BCUT2D eigenvalue weighted by Gasteiger charge is -2.36. The Morgan fingerprint density at radius 2 is 0.818 bits per heavy atom. The molecule has 0 fully saturated rings. The minimum Gasteiger partial charge on any atom is -0.464 e. The Morgan fingerprint density at radius 3 is 1.16 bits per heavy atom. The second-order valence-corrected chi connectivity index (χ2v) is 23.6. The van der Waals surface area contributed by atoms with E-state index in [0.717, 1.165) is 0 Å². The highest BCUT2D eigenvalue weighted by Crippen LogP contribution is 2.32. The summed E-state index contributed by atoms with van der Waals surface area (Å²) in [4.78, 5) is 77.7. The van der Waals surface area contributed by atoms with Gasteiger partial charge in [-0.15, -0.1) is 6.58 Å². The molecule has 318 valence electrons. The van der Waals surface area contributed by atoms with Gasteiger partial charge in [0.05, 0.1) is 25.2 Å². The number of ether oxygens (including phenoxy) is 8. The van der Waals surface area contributed by atoms with Crippen LogP contribution in [-0.4, -0.2) is 124 Å². The quantitative estimate of drug-likeness (QED) is 0.0301. The number of aliphatic hydroxyl groups excluding tert-OH is 1. The molecule has 0 aromatic heterocycles. The summed E-state index contributed by atoms with van der Waals surface area (Å²) in [5.41, 5.74) is -5.16. The number of alkyl halides is 4. The monoisotopic (exact) mass is 1040 g/mol. The predicted molar refractivity (Wildman–Crippen MR) is 215 cm³/mol. The molecule has 1 N–H and O–H groups in total. The third-order valence-corrected chi connectivity index (χ3v) is 8.71. The van der Waals surface area contributed by atoms with Crippen LogP contribution >= 0.6 is 63.7 Å². The lowest BCUT2D eigenvalue weighted by molar-refractivity contribution is -0.222. The van der Waals surface area contributed by atoms with Crippen molar-refractivity contribution in [2.45, 2.75) is 99.7 Å². The van der Waals surface area contributed by atoms with E-state index in [4.69, 9.17) is 37.9 Å². The van der Waals surface area contributed by atoms with Crippen LogP contribution in [0.15, 0.2) is 12.7 Å². The van der Waals surface area contributed by atoms with E-state index in [9.17, 15) is 33.9 Å². The Morgan fingerprint density at radius 1 is 0.509 bits per heavy atom. The topological polar surface area (TPSA) is 196 Å². The van der Waals surface area contributed by atoms with Gasteiger partial charge in [-0.1, -0.05) is 69.8 Å². The van der Waals surface area contributed by atoms with Crippen molar-refractivity contribution in [2.75, 3.05) is 59.5 Å². The van der Waals surface area contributed by atoms with Crippen LogP contribution < -0.4 is 0 Å². The molecule has 19 heteroatoms. The van der Waals surface area contributed by atoms with Gasteiger partial charge in [0.1, 0.15) is 67.8 Å². The van der Waals surface area contributed by atoms with Crippen LogP contribution in [0.3, 0.4) is 0 Å². The van der Waals surface area contributed by atoms with Crippen LogP contribution in [0, 0.1) is 16.2 Å². The van der Waals surface area contributed by atoms with E-state index in [1.807, 2.05) is 0 Å². The van der Waals surface area contributed by atoms with Crippen LogP contribution in [0.1, 0.15) is 76.2 Å². The van der Waals surface area contributed by atoms with E-state index in [1.54, 1.807) is 27.7 Å². The van der Waals surface area contributed by atoms with Crippen molar-refractivity contribution in [1.29, 1.82) is 0 Å². The molecule has 0 amide bonds. The average Bonchev–Trinajstić information content (AvgIpc) is 3.06. The van der Waals surface area contributed by atoms with Crippen molar-refractivity contribution >= 4 is 99.5 Å². The Balaban J connectivity index is 6.52. The summed E-state index contributed by atoms with van der Waals surface area (Å²) < 4.78 is 39.3. The Hall–Kier alpha value is -1.64. The van der Waals surface area contributed by atoms with E-state index in [2.05, 4.69) is 70.3 Å². The van der Waals surface area contributed by atoms with E-state index < -0.39 is 115 Å².